The van der Waals surface area contributed by atoms with Crippen molar-refractivity contribution in [2.45, 2.75) is 26.8 Å². The van der Waals surface area contributed by atoms with Gasteiger partial charge in [-0.2, -0.15) is 5.10 Å². The number of benzene rings is 1. The van der Waals surface area contributed by atoms with E-state index in [4.69, 9.17) is 16.3 Å². The molecule has 5 heteroatoms. The zero-order chi connectivity index (χ0) is 14.9. The second-order valence-electron chi connectivity index (χ2n) is 4.91. The van der Waals surface area contributed by atoms with Gasteiger partial charge in [0.15, 0.2) is 0 Å². The van der Waals surface area contributed by atoms with Gasteiger partial charge in [-0.05, 0) is 32.9 Å². The zero-order valence-electron chi connectivity index (χ0n) is 12.0. The molecular weight excluding hydrogens is 276 g/mol. The van der Waals surface area contributed by atoms with Gasteiger partial charge in [-0.15, -0.1) is 0 Å². The number of aryl methyl sites for hydroxylation is 1. The summed E-state index contributed by atoms with van der Waals surface area (Å²) < 4.78 is 6.90. The summed E-state index contributed by atoms with van der Waals surface area (Å²) in [5, 5.41) is 4.52. The van der Waals surface area contributed by atoms with E-state index in [2.05, 4.69) is 5.10 Å². The third-order valence-corrected chi connectivity index (χ3v) is 3.33. The first-order valence-electron chi connectivity index (χ1n) is 6.38. The molecule has 0 aliphatic heterocycles. The second-order valence-corrected chi connectivity index (χ2v) is 5.32. The fourth-order valence-electron chi connectivity index (χ4n) is 2.07. The fraction of sp³-hybridized carbons (Fsp3) is 0.333. The number of nitrogens with zero attached hydrogens (tertiary/aromatic N) is 2. The minimum absolute atomic E-state index is 0.0530. The van der Waals surface area contributed by atoms with Gasteiger partial charge in [-0.3, -0.25) is 9.48 Å². The lowest BCUT2D eigenvalue weighted by Crippen LogP contribution is -2.14. The Morgan fingerprint density at radius 1 is 1.40 bits per heavy atom. The van der Waals surface area contributed by atoms with Gasteiger partial charge in [-0.1, -0.05) is 23.2 Å². The molecule has 0 unspecified atom stereocenters. The van der Waals surface area contributed by atoms with Crippen molar-refractivity contribution in [1.29, 1.82) is 0 Å². The van der Waals surface area contributed by atoms with Crippen LogP contribution in [0.1, 0.15) is 41.5 Å². The minimum atomic E-state index is -0.179. The van der Waals surface area contributed by atoms with Crippen molar-refractivity contribution in [2.24, 2.45) is 0 Å². The molecule has 0 radical (unpaired) electrons. The van der Waals surface area contributed by atoms with Gasteiger partial charge in [0.05, 0.1) is 23.9 Å². The van der Waals surface area contributed by atoms with Gasteiger partial charge in [-0.25, -0.2) is 0 Å². The summed E-state index contributed by atoms with van der Waals surface area (Å²) in [7, 11) is 1.54. The summed E-state index contributed by atoms with van der Waals surface area (Å²) in [6.07, 6.45) is 1.50. The SMILES string of the molecule is COc1ccc(C)cc1C(=O)c1c(Cl)cnn1C(C)C. The molecule has 106 valence electrons. The lowest BCUT2D eigenvalue weighted by molar-refractivity contribution is 0.102. The number of ether oxygens (including phenoxy) is 1. The topological polar surface area (TPSA) is 44.1 Å². The summed E-state index contributed by atoms with van der Waals surface area (Å²) in [5.41, 5.74) is 1.88. The maximum Gasteiger partial charge on any atom is 0.216 e. The van der Waals surface area contributed by atoms with Crippen molar-refractivity contribution >= 4 is 17.4 Å². The highest BCUT2D eigenvalue weighted by Gasteiger charge is 2.23. The quantitative estimate of drug-likeness (QED) is 0.808. The number of methoxy groups -OCH3 is 1. The average Bonchev–Trinajstić information content (AvgIpc) is 2.80. The highest BCUT2D eigenvalue weighted by atomic mass is 35.5. The number of hydrogen-bond acceptors (Lipinski definition) is 3. The van der Waals surface area contributed by atoms with Crippen molar-refractivity contribution in [3.05, 3.63) is 46.2 Å². The largest absolute Gasteiger partial charge is 0.496 e. The molecule has 0 saturated carbocycles. The van der Waals surface area contributed by atoms with Crippen LogP contribution in [0.25, 0.3) is 0 Å². The number of hydrogen-bond donors (Lipinski definition) is 0. The molecule has 1 aromatic heterocycles. The lowest BCUT2D eigenvalue weighted by atomic mass is 10.0. The molecule has 0 fully saturated rings. The molecule has 0 saturated heterocycles. The predicted molar refractivity (Wildman–Crippen MR) is 78.8 cm³/mol. The molecule has 2 aromatic rings. The average molecular weight is 293 g/mol. The first-order chi connectivity index (χ1) is 9.45. The van der Waals surface area contributed by atoms with Crippen molar-refractivity contribution < 1.29 is 9.53 Å². The highest BCUT2D eigenvalue weighted by Crippen LogP contribution is 2.27. The predicted octanol–water partition coefficient (Wildman–Crippen LogP) is 3.67. The molecule has 0 N–H and O–H groups in total. The highest BCUT2D eigenvalue weighted by molar-refractivity contribution is 6.34. The standard InChI is InChI=1S/C15H17ClN2O2/c1-9(2)18-14(12(16)8-17-18)15(19)11-7-10(3)5-6-13(11)20-4/h5-9H,1-4H3. The van der Waals surface area contributed by atoms with Crippen LogP contribution in [-0.4, -0.2) is 22.7 Å². The Morgan fingerprint density at radius 2 is 2.10 bits per heavy atom. The molecular formula is C15H17ClN2O2. The summed E-state index contributed by atoms with van der Waals surface area (Å²) in [6.45, 7) is 5.83. The minimum Gasteiger partial charge on any atom is -0.496 e. The van der Waals surface area contributed by atoms with Crippen molar-refractivity contribution in [3.63, 3.8) is 0 Å². The van der Waals surface area contributed by atoms with E-state index in [1.807, 2.05) is 26.8 Å². The van der Waals surface area contributed by atoms with E-state index >= 15 is 0 Å². The monoisotopic (exact) mass is 292 g/mol. The van der Waals surface area contributed by atoms with Crippen LogP contribution in [0.3, 0.4) is 0 Å². The molecule has 1 heterocycles. The zero-order valence-corrected chi connectivity index (χ0v) is 12.7. The maximum absolute atomic E-state index is 12.8. The van der Waals surface area contributed by atoms with Crippen LogP contribution in [0.15, 0.2) is 24.4 Å². The van der Waals surface area contributed by atoms with Gasteiger partial charge >= 0.3 is 0 Å². The van der Waals surface area contributed by atoms with Gasteiger partial charge in [0.1, 0.15) is 11.4 Å². The third-order valence-electron chi connectivity index (χ3n) is 3.05. The second kappa shape index (κ2) is 5.67. The smallest absolute Gasteiger partial charge is 0.216 e. The Morgan fingerprint density at radius 3 is 2.70 bits per heavy atom. The Bertz CT molecular complexity index is 647. The molecule has 2 rings (SSSR count). The van der Waals surface area contributed by atoms with Gasteiger partial charge in [0.2, 0.25) is 5.78 Å². The number of carbonyl (C=O) groups excluding carboxylic acids is 1. The van der Waals surface area contributed by atoms with E-state index in [1.54, 1.807) is 23.9 Å². The van der Waals surface area contributed by atoms with E-state index in [0.717, 1.165) is 5.56 Å². The Balaban J connectivity index is 2.57. The van der Waals surface area contributed by atoms with Crippen molar-refractivity contribution in [2.75, 3.05) is 7.11 Å². The van der Waals surface area contributed by atoms with Crippen LogP contribution in [-0.2, 0) is 0 Å². The number of carbonyl (C=O) groups is 1. The van der Waals surface area contributed by atoms with Crippen LogP contribution in [0, 0.1) is 6.92 Å². The van der Waals surface area contributed by atoms with Gasteiger partial charge in [0.25, 0.3) is 0 Å². The van der Waals surface area contributed by atoms with E-state index in [9.17, 15) is 4.79 Å². The third kappa shape index (κ3) is 2.56. The van der Waals surface area contributed by atoms with E-state index < -0.39 is 0 Å². The number of halogens is 1. The molecule has 0 bridgehead atoms. The summed E-state index contributed by atoms with van der Waals surface area (Å²) in [5.74, 6) is 0.356. The van der Waals surface area contributed by atoms with E-state index in [0.29, 0.717) is 22.0 Å². The summed E-state index contributed by atoms with van der Waals surface area (Å²) in [4.78, 5) is 12.8. The Labute approximate surface area is 123 Å². The van der Waals surface area contributed by atoms with Crippen molar-refractivity contribution in [3.8, 4) is 5.75 Å². The molecule has 0 amide bonds. The molecule has 0 aliphatic rings. The number of rotatable bonds is 4. The summed E-state index contributed by atoms with van der Waals surface area (Å²) >= 11 is 6.12. The number of ketones is 1. The molecule has 20 heavy (non-hydrogen) atoms. The van der Waals surface area contributed by atoms with Crippen LogP contribution in [0.5, 0.6) is 5.75 Å². The van der Waals surface area contributed by atoms with Crippen LogP contribution in [0.2, 0.25) is 5.02 Å². The molecule has 0 atom stereocenters. The van der Waals surface area contributed by atoms with Crippen LogP contribution >= 0.6 is 11.6 Å². The Kier molecular flexibility index (Phi) is 4.14. The lowest BCUT2D eigenvalue weighted by Gasteiger charge is -2.13. The first kappa shape index (κ1) is 14.6. The van der Waals surface area contributed by atoms with E-state index in [-0.39, 0.29) is 11.8 Å². The maximum atomic E-state index is 12.8. The van der Waals surface area contributed by atoms with Crippen molar-refractivity contribution in [1.82, 2.24) is 9.78 Å². The normalized spacial score (nSPS) is 10.9. The molecule has 4 nitrogen and oxygen atoms in total. The molecule has 0 spiro atoms. The Hall–Kier alpha value is -1.81. The van der Waals surface area contributed by atoms with Gasteiger partial charge in [0, 0.05) is 6.04 Å². The fourth-order valence-corrected chi connectivity index (χ4v) is 2.29. The van der Waals surface area contributed by atoms with Crippen LogP contribution in [0.4, 0.5) is 0 Å². The number of aromatic nitrogens is 2. The first-order valence-corrected chi connectivity index (χ1v) is 6.75. The summed E-state index contributed by atoms with van der Waals surface area (Å²) in [6, 6.07) is 5.54. The molecule has 0 aliphatic carbocycles. The van der Waals surface area contributed by atoms with E-state index in [1.165, 1.54) is 6.20 Å². The molecule has 1 aromatic carbocycles. The van der Waals surface area contributed by atoms with Gasteiger partial charge < -0.3 is 4.74 Å². The van der Waals surface area contributed by atoms with Crippen LogP contribution < -0.4 is 4.74 Å².